The number of hydrogen-bond donors (Lipinski definition) is 1. The van der Waals surface area contributed by atoms with Crippen LogP contribution in [0, 0.1) is 0 Å². The van der Waals surface area contributed by atoms with Crippen molar-refractivity contribution in [2.75, 3.05) is 18.8 Å². The van der Waals surface area contributed by atoms with Crippen molar-refractivity contribution in [2.24, 2.45) is 0 Å². The first-order chi connectivity index (χ1) is 8.16. The summed E-state index contributed by atoms with van der Waals surface area (Å²) in [6.45, 7) is 6.73. The number of nitrogen functional groups attached to an aromatic ring is 1. The Morgan fingerprint density at radius 3 is 2.47 bits per heavy atom. The van der Waals surface area contributed by atoms with Gasteiger partial charge < -0.3 is 15.4 Å². The second-order valence-electron chi connectivity index (χ2n) is 4.98. The molecule has 1 aromatic rings. The van der Waals surface area contributed by atoms with Crippen LogP contribution >= 0.6 is 0 Å². The summed E-state index contributed by atoms with van der Waals surface area (Å²) in [5, 5.41) is 0. The van der Waals surface area contributed by atoms with Crippen molar-refractivity contribution in [1.29, 1.82) is 0 Å². The first-order valence-electron chi connectivity index (χ1n) is 6.42. The molecule has 1 aliphatic rings. The number of piperidine rings is 1. The number of benzene rings is 1. The molecular formula is C14H22N2O. The van der Waals surface area contributed by atoms with Crippen LogP contribution in [0.4, 0.5) is 5.69 Å². The highest BCUT2D eigenvalue weighted by Crippen LogP contribution is 2.24. The second kappa shape index (κ2) is 5.41. The van der Waals surface area contributed by atoms with Gasteiger partial charge in [-0.05, 0) is 38.8 Å². The normalized spacial score (nSPS) is 18.5. The van der Waals surface area contributed by atoms with Gasteiger partial charge in [-0.2, -0.15) is 0 Å². The summed E-state index contributed by atoms with van der Waals surface area (Å²) in [6.07, 6.45) is 2.49. The molecule has 0 radical (unpaired) electrons. The van der Waals surface area contributed by atoms with E-state index in [0.29, 0.717) is 12.1 Å². The predicted octanol–water partition coefficient (Wildman–Crippen LogP) is 2.52. The van der Waals surface area contributed by atoms with Crippen LogP contribution in [0.3, 0.4) is 0 Å². The molecular weight excluding hydrogens is 212 g/mol. The average Bonchev–Trinajstić information content (AvgIpc) is 2.33. The summed E-state index contributed by atoms with van der Waals surface area (Å²) in [7, 11) is 0. The summed E-state index contributed by atoms with van der Waals surface area (Å²) >= 11 is 0. The van der Waals surface area contributed by atoms with E-state index in [1.807, 2.05) is 24.3 Å². The zero-order valence-corrected chi connectivity index (χ0v) is 10.7. The van der Waals surface area contributed by atoms with Crippen LogP contribution in [0.25, 0.3) is 0 Å². The van der Waals surface area contributed by atoms with Gasteiger partial charge in [0.15, 0.2) is 0 Å². The maximum absolute atomic E-state index is 5.96. The Hall–Kier alpha value is -1.22. The molecule has 0 aromatic heterocycles. The number of hydrogen-bond acceptors (Lipinski definition) is 3. The van der Waals surface area contributed by atoms with Crippen molar-refractivity contribution in [3.63, 3.8) is 0 Å². The fourth-order valence-electron chi connectivity index (χ4n) is 2.28. The van der Waals surface area contributed by atoms with E-state index in [9.17, 15) is 0 Å². The molecule has 3 heteroatoms. The largest absolute Gasteiger partial charge is 0.488 e. The molecule has 1 aliphatic heterocycles. The van der Waals surface area contributed by atoms with Crippen LogP contribution in [0.15, 0.2) is 24.3 Å². The molecule has 0 unspecified atom stereocenters. The van der Waals surface area contributed by atoms with Crippen molar-refractivity contribution in [1.82, 2.24) is 4.90 Å². The topological polar surface area (TPSA) is 38.5 Å². The Balaban J connectivity index is 1.88. The Morgan fingerprint density at radius 1 is 1.24 bits per heavy atom. The fraction of sp³-hybridized carbons (Fsp3) is 0.571. The van der Waals surface area contributed by atoms with Crippen LogP contribution < -0.4 is 10.5 Å². The van der Waals surface area contributed by atoms with Crippen molar-refractivity contribution < 1.29 is 4.74 Å². The smallest absolute Gasteiger partial charge is 0.142 e. The molecule has 1 aromatic carbocycles. The van der Waals surface area contributed by atoms with E-state index in [2.05, 4.69) is 18.7 Å². The lowest BCUT2D eigenvalue weighted by Crippen LogP contribution is -2.41. The third kappa shape index (κ3) is 3.13. The van der Waals surface area contributed by atoms with Gasteiger partial charge in [-0.25, -0.2) is 0 Å². The number of nitrogens with zero attached hydrogens (tertiary/aromatic N) is 1. The van der Waals surface area contributed by atoms with Crippen LogP contribution in [0.5, 0.6) is 5.75 Å². The molecule has 0 atom stereocenters. The van der Waals surface area contributed by atoms with Gasteiger partial charge >= 0.3 is 0 Å². The summed E-state index contributed by atoms with van der Waals surface area (Å²) < 4.78 is 5.96. The number of likely N-dealkylation sites (tertiary alicyclic amines) is 1. The van der Waals surface area contributed by atoms with Gasteiger partial charge in [-0.15, -0.1) is 0 Å². The van der Waals surface area contributed by atoms with Gasteiger partial charge in [-0.3, -0.25) is 0 Å². The Bertz CT molecular complexity index is 357. The molecule has 1 fully saturated rings. The zero-order chi connectivity index (χ0) is 12.3. The van der Waals surface area contributed by atoms with Gasteiger partial charge in [0, 0.05) is 19.1 Å². The highest BCUT2D eigenvalue weighted by atomic mass is 16.5. The number of anilines is 1. The van der Waals surface area contributed by atoms with E-state index in [1.54, 1.807) is 0 Å². The third-order valence-electron chi connectivity index (χ3n) is 3.42. The maximum atomic E-state index is 5.96. The summed E-state index contributed by atoms with van der Waals surface area (Å²) in [5.41, 5.74) is 6.61. The van der Waals surface area contributed by atoms with Gasteiger partial charge in [-0.1, -0.05) is 12.1 Å². The molecule has 1 heterocycles. The molecule has 94 valence electrons. The molecule has 0 aliphatic carbocycles. The predicted molar refractivity (Wildman–Crippen MR) is 71.2 cm³/mol. The highest BCUT2D eigenvalue weighted by molar-refractivity contribution is 5.51. The zero-order valence-electron chi connectivity index (χ0n) is 10.7. The molecule has 0 bridgehead atoms. The molecule has 2 rings (SSSR count). The van der Waals surface area contributed by atoms with Gasteiger partial charge in [0.25, 0.3) is 0 Å². The summed E-state index contributed by atoms with van der Waals surface area (Å²) in [6, 6.07) is 8.37. The van der Waals surface area contributed by atoms with Gasteiger partial charge in [0.1, 0.15) is 11.9 Å². The quantitative estimate of drug-likeness (QED) is 0.817. The second-order valence-corrected chi connectivity index (χ2v) is 4.98. The monoisotopic (exact) mass is 234 g/mol. The summed E-state index contributed by atoms with van der Waals surface area (Å²) in [5.74, 6) is 0.829. The minimum absolute atomic E-state index is 0.315. The van der Waals surface area contributed by atoms with Crippen molar-refractivity contribution in [2.45, 2.75) is 38.8 Å². The molecule has 0 amide bonds. The molecule has 1 saturated heterocycles. The number of para-hydroxylation sites is 2. The van der Waals surface area contributed by atoms with Crippen LogP contribution in [0.2, 0.25) is 0 Å². The minimum Gasteiger partial charge on any atom is -0.488 e. The first kappa shape index (κ1) is 12.2. The van der Waals surface area contributed by atoms with Gasteiger partial charge in [0.05, 0.1) is 5.69 Å². The van der Waals surface area contributed by atoms with E-state index < -0.39 is 0 Å². The molecule has 0 saturated carbocycles. The van der Waals surface area contributed by atoms with E-state index in [-0.39, 0.29) is 0 Å². The Kier molecular flexibility index (Phi) is 3.89. The van der Waals surface area contributed by atoms with E-state index in [1.165, 1.54) is 0 Å². The van der Waals surface area contributed by atoms with Gasteiger partial charge in [0.2, 0.25) is 0 Å². The lowest BCUT2D eigenvalue weighted by molar-refractivity contribution is 0.0848. The van der Waals surface area contributed by atoms with Crippen molar-refractivity contribution in [3.8, 4) is 5.75 Å². The Labute approximate surface area is 104 Å². The lowest BCUT2D eigenvalue weighted by atomic mass is 10.1. The highest BCUT2D eigenvalue weighted by Gasteiger charge is 2.22. The van der Waals surface area contributed by atoms with Crippen molar-refractivity contribution in [3.05, 3.63) is 24.3 Å². The van der Waals surface area contributed by atoms with Crippen LogP contribution in [-0.4, -0.2) is 30.1 Å². The molecule has 17 heavy (non-hydrogen) atoms. The van der Waals surface area contributed by atoms with E-state index >= 15 is 0 Å². The van der Waals surface area contributed by atoms with E-state index in [4.69, 9.17) is 10.5 Å². The maximum Gasteiger partial charge on any atom is 0.142 e. The van der Waals surface area contributed by atoms with Crippen LogP contribution in [-0.2, 0) is 0 Å². The number of ether oxygens (including phenoxy) is 1. The molecule has 2 N–H and O–H groups in total. The minimum atomic E-state index is 0.315. The van der Waals surface area contributed by atoms with E-state index in [0.717, 1.165) is 37.4 Å². The van der Waals surface area contributed by atoms with Crippen LogP contribution in [0.1, 0.15) is 26.7 Å². The van der Waals surface area contributed by atoms with Crippen molar-refractivity contribution >= 4 is 5.69 Å². The number of nitrogens with two attached hydrogens (primary N) is 1. The molecule has 0 spiro atoms. The first-order valence-corrected chi connectivity index (χ1v) is 6.42. The standard InChI is InChI=1S/C14H22N2O/c1-11(2)16-9-7-12(8-10-16)17-14-6-4-3-5-13(14)15/h3-6,11-12H,7-10,15H2,1-2H3. The average molecular weight is 234 g/mol. The third-order valence-corrected chi connectivity index (χ3v) is 3.42. The fourth-order valence-corrected chi connectivity index (χ4v) is 2.28. The summed E-state index contributed by atoms with van der Waals surface area (Å²) in [4.78, 5) is 2.49. The Morgan fingerprint density at radius 2 is 1.88 bits per heavy atom. The molecule has 3 nitrogen and oxygen atoms in total. The lowest BCUT2D eigenvalue weighted by Gasteiger charge is -2.34. The number of rotatable bonds is 3. The SMILES string of the molecule is CC(C)N1CCC(Oc2ccccc2N)CC1.